The van der Waals surface area contributed by atoms with Gasteiger partial charge in [-0.15, -0.1) is 0 Å². The lowest BCUT2D eigenvalue weighted by atomic mass is 10.1. The van der Waals surface area contributed by atoms with Crippen molar-refractivity contribution in [3.63, 3.8) is 0 Å². The Hall–Kier alpha value is -1.62. The Morgan fingerprint density at radius 3 is 2.61 bits per heavy atom. The van der Waals surface area contributed by atoms with E-state index in [2.05, 4.69) is 0 Å². The molecule has 100 valence electrons. The summed E-state index contributed by atoms with van der Waals surface area (Å²) in [6.07, 6.45) is 0.180. The third kappa shape index (κ3) is 4.00. The Balaban J connectivity index is 2.82. The molecule has 0 saturated heterocycles. The van der Waals surface area contributed by atoms with Gasteiger partial charge in [-0.05, 0) is 37.5 Å². The minimum absolute atomic E-state index is 0.0362. The summed E-state index contributed by atoms with van der Waals surface area (Å²) >= 11 is 0. The number of rotatable bonds is 6. The van der Waals surface area contributed by atoms with Gasteiger partial charge in [-0.1, -0.05) is 13.0 Å². The number of benzene rings is 1. The lowest BCUT2D eigenvalue weighted by molar-refractivity contribution is -0.124. The van der Waals surface area contributed by atoms with E-state index in [1.54, 1.807) is 13.0 Å². The maximum atomic E-state index is 13.7. The van der Waals surface area contributed by atoms with E-state index in [1.807, 2.05) is 6.92 Å². The summed E-state index contributed by atoms with van der Waals surface area (Å²) in [5, 5.41) is 0. The van der Waals surface area contributed by atoms with Gasteiger partial charge in [-0.3, -0.25) is 4.79 Å². The van der Waals surface area contributed by atoms with E-state index in [-0.39, 0.29) is 11.8 Å². The van der Waals surface area contributed by atoms with Gasteiger partial charge in [0.25, 0.3) is 5.91 Å². The number of carbonyl (C=O) groups excluding carboxylic acids is 1. The lowest BCUT2D eigenvalue weighted by Gasteiger charge is -2.15. The van der Waals surface area contributed by atoms with Crippen molar-refractivity contribution in [3.8, 4) is 5.75 Å². The summed E-state index contributed by atoms with van der Waals surface area (Å²) in [5.74, 6) is -1.07. The number of halogens is 1. The number of ether oxygens (including phenoxy) is 1. The van der Waals surface area contributed by atoms with Gasteiger partial charge in [-0.2, -0.15) is 0 Å². The van der Waals surface area contributed by atoms with Crippen LogP contribution in [0.25, 0.3) is 0 Å². The second-order valence-electron chi connectivity index (χ2n) is 4.36. The zero-order chi connectivity index (χ0) is 13.7. The Labute approximate surface area is 106 Å². The fraction of sp³-hybridized carbons (Fsp3) is 0.462. The molecule has 0 saturated carbocycles. The van der Waals surface area contributed by atoms with Gasteiger partial charge < -0.3 is 16.2 Å². The molecule has 18 heavy (non-hydrogen) atoms. The highest BCUT2D eigenvalue weighted by Crippen LogP contribution is 2.21. The van der Waals surface area contributed by atoms with Crippen LogP contribution in [0, 0.1) is 5.82 Å². The molecule has 0 aliphatic carbocycles. The highest BCUT2D eigenvalue weighted by atomic mass is 19.1. The van der Waals surface area contributed by atoms with Crippen LogP contribution >= 0.6 is 0 Å². The molecule has 0 fully saturated rings. The summed E-state index contributed by atoms with van der Waals surface area (Å²) in [5.41, 5.74) is 11.6. The van der Waals surface area contributed by atoms with Gasteiger partial charge in [0.15, 0.2) is 17.7 Å². The van der Waals surface area contributed by atoms with Crippen molar-refractivity contribution in [2.45, 2.75) is 38.8 Å². The molecule has 0 aliphatic rings. The number of hydrogen-bond donors (Lipinski definition) is 2. The van der Waals surface area contributed by atoms with E-state index in [9.17, 15) is 9.18 Å². The van der Waals surface area contributed by atoms with Gasteiger partial charge in [0.05, 0.1) is 0 Å². The molecule has 2 atom stereocenters. The van der Waals surface area contributed by atoms with Crippen LogP contribution in [0.1, 0.15) is 25.8 Å². The van der Waals surface area contributed by atoms with Gasteiger partial charge in [0, 0.05) is 6.04 Å². The van der Waals surface area contributed by atoms with Gasteiger partial charge in [0.2, 0.25) is 0 Å². The molecule has 4 nitrogen and oxygen atoms in total. The third-order valence-corrected chi connectivity index (χ3v) is 2.51. The fourth-order valence-corrected chi connectivity index (χ4v) is 1.63. The first-order chi connectivity index (χ1) is 8.43. The summed E-state index contributed by atoms with van der Waals surface area (Å²) in [6.45, 7) is 3.60. The zero-order valence-electron chi connectivity index (χ0n) is 10.7. The number of hydrogen-bond acceptors (Lipinski definition) is 3. The van der Waals surface area contributed by atoms with E-state index in [4.69, 9.17) is 16.2 Å². The zero-order valence-corrected chi connectivity index (χ0v) is 10.7. The van der Waals surface area contributed by atoms with Crippen LogP contribution in [0.2, 0.25) is 0 Å². The Kier molecular flexibility index (Phi) is 5.09. The van der Waals surface area contributed by atoms with Crippen LogP contribution < -0.4 is 16.2 Å². The van der Waals surface area contributed by atoms with Gasteiger partial charge >= 0.3 is 0 Å². The summed E-state index contributed by atoms with van der Waals surface area (Å²) in [4.78, 5) is 11.0. The average molecular weight is 254 g/mol. The SMILES string of the molecule is CCC(Oc1ccc(CC(C)N)cc1F)C(N)=O. The lowest BCUT2D eigenvalue weighted by Crippen LogP contribution is -2.33. The Morgan fingerprint density at radius 1 is 1.50 bits per heavy atom. The molecule has 1 aromatic carbocycles. The summed E-state index contributed by atoms with van der Waals surface area (Å²) in [6, 6.07) is 4.56. The molecular formula is C13H19FN2O2. The molecule has 1 aromatic rings. The summed E-state index contributed by atoms with van der Waals surface area (Å²) < 4.78 is 19.0. The van der Waals surface area contributed by atoms with Crippen molar-refractivity contribution in [2.24, 2.45) is 11.5 Å². The number of carbonyl (C=O) groups is 1. The standard InChI is InChI=1S/C13H19FN2O2/c1-3-11(13(16)17)18-12-5-4-9(6-8(2)15)7-10(12)14/h4-5,7-8,11H,3,6,15H2,1-2H3,(H2,16,17). The van der Waals surface area contributed by atoms with E-state index < -0.39 is 17.8 Å². The predicted molar refractivity (Wildman–Crippen MR) is 67.7 cm³/mol. The monoisotopic (exact) mass is 254 g/mol. The minimum Gasteiger partial charge on any atom is -0.478 e. The predicted octanol–water partition coefficient (Wildman–Crippen LogP) is 1.36. The molecule has 1 amide bonds. The van der Waals surface area contributed by atoms with Gasteiger partial charge in [0.1, 0.15) is 0 Å². The number of primary amides is 1. The fourth-order valence-electron chi connectivity index (χ4n) is 1.63. The molecule has 4 N–H and O–H groups in total. The maximum Gasteiger partial charge on any atom is 0.258 e. The third-order valence-electron chi connectivity index (χ3n) is 2.51. The molecule has 2 unspecified atom stereocenters. The first kappa shape index (κ1) is 14.4. The maximum absolute atomic E-state index is 13.7. The van der Waals surface area contributed by atoms with E-state index in [1.165, 1.54) is 12.1 Å². The van der Waals surface area contributed by atoms with E-state index in [0.717, 1.165) is 5.56 Å². The normalized spacial score (nSPS) is 14.0. The topological polar surface area (TPSA) is 78.3 Å². The molecule has 0 bridgehead atoms. The van der Waals surface area contributed by atoms with Gasteiger partial charge in [-0.25, -0.2) is 4.39 Å². The number of amides is 1. The van der Waals surface area contributed by atoms with Crippen LogP contribution in [0.3, 0.4) is 0 Å². The average Bonchev–Trinajstić information content (AvgIpc) is 2.26. The van der Waals surface area contributed by atoms with Crippen LogP contribution in [0.5, 0.6) is 5.75 Å². The molecule has 0 aromatic heterocycles. The van der Waals surface area contributed by atoms with Crippen LogP contribution in [0.4, 0.5) is 4.39 Å². The highest BCUT2D eigenvalue weighted by molar-refractivity contribution is 5.79. The second-order valence-corrected chi connectivity index (χ2v) is 4.36. The molecule has 0 spiro atoms. The van der Waals surface area contributed by atoms with Crippen molar-refractivity contribution in [1.29, 1.82) is 0 Å². The van der Waals surface area contributed by atoms with Crippen molar-refractivity contribution in [3.05, 3.63) is 29.6 Å². The molecule has 0 aliphatic heterocycles. The highest BCUT2D eigenvalue weighted by Gasteiger charge is 2.17. The molecular weight excluding hydrogens is 235 g/mol. The van der Waals surface area contributed by atoms with E-state index >= 15 is 0 Å². The Morgan fingerprint density at radius 2 is 2.17 bits per heavy atom. The van der Waals surface area contributed by atoms with Crippen molar-refractivity contribution >= 4 is 5.91 Å². The minimum atomic E-state index is -0.807. The van der Waals surface area contributed by atoms with Crippen LogP contribution in [-0.2, 0) is 11.2 Å². The number of nitrogens with two attached hydrogens (primary N) is 2. The second kappa shape index (κ2) is 6.35. The molecule has 1 rings (SSSR count). The molecule has 0 heterocycles. The van der Waals surface area contributed by atoms with Crippen LogP contribution in [0.15, 0.2) is 18.2 Å². The molecule has 5 heteroatoms. The first-order valence-electron chi connectivity index (χ1n) is 5.94. The van der Waals surface area contributed by atoms with Crippen molar-refractivity contribution in [1.82, 2.24) is 0 Å². The largest absolute Gasteiger partial charge is 0.478 e. The first-order valence-corrected chi connectivity index (χ1v) is 5.94. The van der Waals surface area contributed by atoms with Crippen molar-refractivity contribution in [2.75, 3.05) is 0 Å². The smallest absolute Gasteiger partial charge is 0.258 e. The Bertz CT molecular complexity index is 421. The summed E-state index contributed by atoms with van der Waals surface area (Å²) in [7, 11) is 0. The van der Waals surface area contributed by atoms with Crippen LogP contribution in [-0.4, -0.2) is 18.1 Å². The van der Waals surface area contributed by atoms with E-state index in [0.29, 0.717) is 12.8 Å². The quantitative estimate of drug-likeness (QED) is 0.804. The molecule has 0 radical (unpaired) electrons. The van der Waals surface area contributed by atoms with Crippen molar-refractivity contribution < 1.29 is 13.9 Å².